The van der Waals surface area contributed by atoms with Gasteiger partial charge >= 0.3 is 62.2 Å². The second-order valence-electron chi connectivity index (χ2n) is 27.2. The maximum atomic E-state index is 7.29. The first-order valence-electron chi connectivity index (χ1n) is 35.4. The Labute approximate surface area is 664 Å². The van der Waals surface area contributed by atoms with E-state index in [4.69, 9.17) is 9.47 Å². The molecular weight excluding hydrogens is 1730 g/mol. The third kappa shape index (κ3) is 12.3. The molecule has 0 bridgehead atoms. The summed E-state index contributed by atoms with van der Waals surface area (Å²) in [6, 6.07) is 121. The van der Waals surface area contributed by atoms with Crippen molar-refractivity contribution in [3.63, 3.8) is 0 Å². The van der Waals surface area contributed by atoms with Crippen molar-refractivity contribution in [3.05, 3.63) is 344 Å². The number of ether oxygens (including phenoxy) is 2. The van der Waals surface area contributed by atoms with E-state index in [1.165, 1.54) is 83.4 Å². The van der Waals surface area contributed by atoms with Gasteiger partial charge in [0.1, 0.15) is 23.0 Å². The van der Waals surface area contributed by atoms with E-state index in [-0.39, 0.29) is 88.4 Å². The molecule has 0 fully saturated rings. The van der Waals surface area contributed by atoms with E-state index < -0.39 is 0 Å². The molecule has 0 saturated heterocycles. The summed E-state index contributed by atoms with van der Waals surface area (Å²) in [6.45, 7) is 11.4. The Morgan fingerprint density at radius 1 is 0.394 bits per heavy atom. The second kappa shape index (κ2) is 29.3. The summed E-state index contributed by atoms with van der Waals surface area (Å²) < 4.78 is 14.2. The molecule has 104 heavy (non-hydrogen) atoms. The van der Waals surface area contributed by atoms with Gasteiger partial charge in [0.25, 0.3) is 5.99 Å². The Bertz CT molecular complexity index is 5530. The Morgan fingerprint density at radius 3 is 1.60 bits per heavy atom. The fourth-order valence-corrected chi connectivity index (χ4v) is 17.6. The summed E-state index contributed by atoms with van der Waals surface area (Å²) in [6.07, 6.45) is 1.85. The number of rotatable bonds is 10. The van der Waals surface area contributed by atoms with E-state index in [9.17, 15) is 0 Å². The number of benzene rings is 14. The predicted molar refractivity (Wildman–Crippen MR) is 432 cm³/mol. The predicted octanol–water partition coefficient (Wildman–Crippen LogP) is 18.4. The summed E-state index contributed by atoms with van der Waals surface area (Å²) in [5.74, 6) is 3.39. The first-order chi connectivity index (χ1) is 50.2. The number of hydrogen-bond donors (Lipinski definition) is 0. The van der Waals surface area contributed by atoms with E-state index >= 15 is 0 Å². The molecule has 0 spiro atoms. The van der Waals surface area contributed by atoms with Crippen LogP contribution in [-0.4, -0.2) is 26.1 Å². The topological polar surface area (TPSA) is 31.4 Å². The van der Waals surface area contributed by atoms with Crippen LogP contribution < -0.4 is 72.8 Å². The van der Waals surface area contributed by atoms with Crippen LogP contribution in [0.1, 0.15) is 22.3 Å². The molecular formula is C91H68B4N4O2SU2. The van der Waals surface area contributed by atoms with Crippen LogP contribution in [0.2, 0.25) is 20.0 Å². The monoisotopic (exact) mass is 1800 g/mol. The average Bonchev–Trinajstić information content (AvgIpc) is 0.973. The summed E-state index contributed by atoms with van der Waals surface area (Å²) in [5.41, 5.74) is 30.5. The van der Waals surface area contributed by atoms with Gasteiger partial charge in [0.15, 0.2) is 13.4 Å². The molecule has 19 rings (SSSR count). The Balaban J connectivity index is 0.000000876. The molecule has 14 aromatic carbocycles. The van der Waals surface area contributed by atoms with Crippen LogP contribution in [0.5, 0.6) is 23.0 Å². The zero-order valence-electron chi connectivity index (χ0n) is 58.5. The van der Waals surface area contributed by atoms with E-state index in [1.807, 2.05) is 48.9 Å². The number of nitrogens with zero attached hydrogens (tertiary/aromatic N) is 4. The first kappa shape index (κ1) is 69.0. The van der Waals surface area contributed by atoms with Crippen molar-refractivity contribution in [2.24, 2.45) is 0 Å². The van der Waals surface area contributed by atoms with Crippen LogP contribution in [0, 0.1) is 107 Å². The summed E-state index contributed by atoms with van der Waals surface area (Å²) in [5, 5.41) is 0. The molecule has 5 aliphatic rings. The van der Waals surface area contributed by atoms with Gasteiger partial charge in [-0.05, 0) is 150 Å². The number of anilines is 12. The number of aryl methyl sites for hydroxylation is 3. The molecule has 5 aliphatic heterocycles. The van der Waals surface area contributed by atoms with Gasteiger partial charge in [0.2, 0.25) is 6.71 Å². The molecule has 0 atom stereocenters. The minimum absolute atomic E-state index is 0. The van der Waals surface area contributed by atoms with Crippen LogP contribution in [-0.2, 0) is 6.42 Å². The molecule has 0 amide bonds. The molecule has 0 radical (unpaired) electrons. The van der Waals surface area contributed by atoms with Gasteiger partial charge in [-0.2, -0.15) is 131 Å². The molecule has 0 N–H and O–H groups in total. The van der Waals surface area contributed by atoms with Gasteiger partial charge in [-0.1, -0.05) is 170 Å². The standard InChI is InChI=1S/C84H61B4N4O2S.C7H7.2U/c1-55-51-59(58-43-46-63(47-44-58)90-70-35-19-17-33-64(70)85(3)66-52-67-75(54-74(66)90)89(60-27-11-6-12-28-60)71-36-20-18-34-65(71)87(67)50-49-57-25-9-5-10-26-57)45-48-76(55)93-78-40-23-37-72-81(78)86(4)68-53-69-84(56(2)83(68)91(72)61-29-13-7-14-30-61)92(62-31-15-8-16-32-62)73-38-24-41-79-82(73)88(69)95-80-42-22-21-39-77(80)94-79;1-7-5-3-2-4-6-7;;/h5-25,27-32,35-48,51-54H,49-50H2,1-4H3;2-5H,1H3;;/q-3;-1;2*+2. The molecule has 5 heterocycles. The third-order valence-electron chi connectivity index (χ3n) is 21.1. The maximum absolute atomic E-state index is 7.29. The van der Waals surface area contributed by atoms with Crippen LogP contribution >= 0.6 is 11.6 Å². The van der Waals surface area contributed by atoms with E-state index in [1.54, 1.807) is 0 Å². The summed E-state index contributed by atoms with van der Waals surface area (Å²) in [4.78, 5) is 11.0. The van der Waals surface area contributed by atoms with Gasteiger partial charge < -0.3 is 29.1 Å². The maximum Gasteiger partial charge on any atom is 2.00 e. The molecule has 14 aromatic rings. The smallest absolute Gasteiger partial charge is 0.458 e. The van der Waals surface area contributed by atoms with Gasteiger partial charge in [0, 0.05) is 67.2 Å². The van der Waals surface area contributed by atoms with Crippen molar-refractivity contribution in [1.82, 2.24) is 0 Å². The molecule has 6 nitrogen and oxygen atoms in total. The molecule has 0 unspecified atom stereocenters. The quantitative estimate of drug-likeness (QED) is 0.0996. The van der Waals surface area contributed by atoms with E-state index in [0.717, 1.165) is 103 Å². The van der Waals surface area contributed by atoms with Crippen LogP contribution in [0.3, 0.4) is 0 Å². The number of hydrogen-bond acceptors (Lipinski definition) is 7. The SMILES string of the molecule is CB1c2[c-]cccc2N(c2ccc(-c3ccc(Oc4cccc5c4B(C)c4cc6c(c(C)c4N5c4ccccc4)N(c4ccccc4)c4cccc5c4B6Sc4ccccc4O5)c(C)c3)cc2)c2cc3c(cc21)B(CCc1[c-]cccc1)c1[c-]cccc1N3c1ccccc1.Cc1[c-]cccc1.[U+2].[U+2]. The van der Waals surface area contributed by atoms with Crippen molar-refractivity contribution in [2.75, 3.05) is 19.6 Å². The van der Waals surface area contributed by atoms with Crippen LogP contribution in [0.15, 0.2) is 302 Å². The minimum atomic E-state index is -0.0383. The van der Waals surface area contributed by atoms with Crippen molar-refractivity contribution in [3.8, 4) is 34.1 Å². The summed E-state index contributed by atoms with van der Waals surface area (Å²) >= 11 is 1.88. The molecule has 13 heteroatoms. The average molecular weight is 1800 g/mol. The van der Waals surface area contributed by atoms with Gasteiger partial charge in [-0.25, -0.2) is 0 Å². The Morgan fingerprint density at radius 2 is 0.942 bits per heavy atom. The van der Waals surface area contributed by atoms with Gasteiger partial charge in [-0.3, -0.25) is 0 Å². The molecule has 0 saturated carbocycles. The number of fused-ring (bicyclic) bond motifs is 9. The van der Waals surface area contributed by atoms with Crippen molar-refractivity contribution < 1.29 is 71.7 Å². The van der Waals surface area contributed by atoms with Crippen molar-refractivity contribution in [2.45, 2.75) is 52.1 Å². The minimum Gasteiger partial charge on any atom is -0.458 e. The van der Waals surface area contributed by atoms with E-state index in [2.05, 4.69) is 338 Å². The van der Waals surface area contributed by atoms with Gasteiger partial charge in [0.05, 0.1) is 0 Å². The Kier molecular flexibility index (Phi) is 19.4. The van der Waals surface area contributed by atoms with Gasteiger partial charge in [-0.15, -0.1) is 12.1 Å². The number of para-hydroxylation sites is 4. The first-order valence-corrected chi connectivity index (χ1v) is 36.3. The van der Waals surface area contributed by atoms with Crippen LogP contribution in [0.25, 0.3) is 11.1 Å². The Hall–Kier alpha value is -9.41. The largest absolute Gasteiger partial charge is 2.00 e. The van der Waals surface area contributed by atoms with Crippen molar-refractivity contribution in [1.29, 1.82) is 0 Å². The fraction of sp³-hybridized carbons (Fsp3) is 0.0769. The van der Waals surface area contributed by atoms with Crippen LogP contribution in [0.4, 0.5) is 68.2 Å². The third-order valence-corrected chi connectivity index (χ3v) is 22.4. The second-order valence-corrected chi connectivity index (χ2v) is 28.3. The zero-order chi connectivity index (χ0) is 68.5. The molecule has 0 aromatic heterocycles. The fourth-order valence-electron chi connectivity index (χ4n) is 16.3. The molecule has 0 aliphatic carbocycles. The van der Waals surface area contributed by atoms with Crippen molar-refractivity contribution >= 4 is 150 Å². The zero-order valence-corrected chi connectivity index (χ0v) is 67.7. The van der Waals surface area contributed by atoms with E-state index in [0.29, 0.717) is 0 Å². The summed E-state index contributed by atoms with van der Waals surface area (Å²) in [7, 11) is 0. The normalized spacial score (nSPS) is 13.0. The molecule has 490 valence electrons.